The molecule has 168 valence electrons. The molecule has 1 aromatic rings. The summed E-state index contributed by atoms with van der Waals surface area (Å²) < 4.78 is 13.6. The molecular weight excluding hydrogens is 411 g/mol. The van der Waals surface area contributed by atoms with Crippen molar-refractivity contribution < 1.29 is 18.8 Å². The molecule has 1 saturated carbocycles. The second kappa shape index (κ2) is 8.68. The average Bonchev–Trinajstić information content (AvgIpc) is 3.25. The molecule has 0 unspecified atom stereocenters. The van der Waals surface area contributed by atoms with E-state index in [0.717, 1.165) is 31.4 Å². The van der Waals surface area contributed by atoms with Gasteiger partial charge in [0.1, 0.15) is 23.7 Å². The smallest absolute Gasteiger partial charge is 0.254 e. The Kier molecular flexibility index (Phi) is 5.95. The Balaban J connectivity index is 1.67. The van der Waals surface area contributed by atoms with Gasteiger partial charge in [0, 0.05) is 17.4 Å². The number of aliphatic imine (C=N–C) groups is 1. The van der Waals surface area contributed by atoms with Crippen LogP contribution in [0.5, 0.6) is 0 Å². The molecule has 7 nitrogen and oxygen atoms in total. The van der Waals surface area contributed by atoms with Crippen LogP contribution in [0.4, 0.5) is 10.1 Å². The highest BCUT2D eigenvalue weighted by Crippen LogP contribution is 2.34. The van der Waals surface area contributed by atoms with Crippen LogP contribution in [0.1, 0.15) is 46.0 Å². The lowest BCUT2D eigenvalue weighted by molar-refractivity contribution is -0.133. The van der Waals surface area contributed by atoms with Crippen molar-refractivity contribution in [2.45, 2.75) is 57.5 Å². The summed E-state index contributed by atoms with van der Waals surface area (Å²) in [6.07, 6.45) is 9.17. The summed E-state index contributed by atoms with van der Waals surface area (Å²) in [7, 11) is 0. The molecule has 0 bridgehead atoms. The van der Waals surface area contributed by atoms with Gasteiger partial charge in [-0.2, -0.15) is 4.99 Å². The lowest BCUT2D eigenvalue weighted by Gasteiger charge is -2.46. The van der Waals surface area contributed by atoms with Gasteiger partial charge in [-0.05, 0) is 63.1 Å². The number of amidine groups is 1. The molecule has 2 aliphatic heterocycles. The SMILES string of the molecule is CC1=CC=CC2=NC(=O)C[C@@](C)(C(=O)N(CC(=O)NC3CCCC3)c3ccc(F)cc3)N12. The maximum atomic E-state index is 14.0. The zero-order valence-electron chi connectivity index (χ0n) is 18.3. The van der Waals surface area contributed by atoms with E-state index in [1.807, 2.05) is 13.0 Å². The molecule has 1 fully saturated rings. The fourth-order valence-electron chi connectivity index (χ4n) is 4.72. The zero-order chi connectivity index (χ0) is 22.9. The van der Waals surface area contributed by atoms with Crippen LogP contribution in [-0.2, 0) is 14.4 Å². The minimum atomic E-state index is -1.28. The Hall–Kier alpha value is -3.29. The van der Waals surface area contributed by atoms with Crippen LogP contribution in [0.15, 0.2) is 53.2 Å². The first-order chi connectivity index (χ1) is 15.3. The number of allylic oxidation sites excluding steroid dienone is 3. The van der Waals surface area contributed by atoms with Crippen molar-refractivity contribution in [3.05, 3.63) is 54.0 Å². The lowest BCUT2D eigenvalue weighted by Crippen LogP contribution is -2.63. The molecular formula is C24H27FN4O3. The van der Waals surface area contributed by atoms with Crippen molar-refractivity contribution in [1.29, 1.82) is 0 Å². The van der Waals surface area contributed by atoms with Crippen molar-refractivity contribution in [1.82, 2.24) is 10.2 Å². The largest absolute Gasteiger partial charge is 0.352 e. The Morgan fingerprint density at radius 3 is 2.62 bits per heavy atom. The highest BCUT2D eigenvalue weighted by atomic mass is 19.1. The van der Waals surface area contributed by atoms with E-state index in [9.17, 15) is 18.8 Å². The quantitative estimate of drug-likeness (QED) is 0.766. The van der Waals surface area contributed by atoms with Gasteiger partial charge in [0.15, 0.2) is 0 Å². The van der Waals surface area contributed by atoms with Crippen LogP contribution in [0.2, 0.25) is 0 Å². The summed E-state index contributed by atoms with van der Waals surface area (Å²) in [6.45, 7) is 3.31. The number of halogens is 1. The number of carbonyl (C=O) groups excluding carboxylic acids is 3. The van der Waals surface area contributed by atoms with Gasteiger partial charge in [0.25, 0.3) is 11.8 Å². The first-order valence-corrected chi connectivity index (χ1v) is 10.9. The predicted octanol–water partition coefficient (Wildman–Crippen LogP) is 3.08. The minimum absolute atomic E-state index is 0.107. The van der Waals surface area contributed by atoms with Gasteiger partial charge in [-0.1, -0.05) is 18.9 Å². The third kappa shape index (κ3) is 4.22. The molecule has 1 aromatic carbocycles. The third-order valence-electron chi connectivity index (χ3n) is 6.26. The van der Waals surface area contributed by atoms with Crippen molar-refractivity contribution in [2.75, 3.05) is 11.4 Å². The standard InChI is InChI=1S/C24H27FN4O3/c1-16-6-5-9-20-27-21(30)14-24(2,29(16)20)23(32)28(19-12-10-17(25)11-13-19)15-22(31)26-18-7-3-4-8-18/h5-6,9-13,18H,3-4,7-8,14-15H2,1-2H3,(H,26,31)/t24-/m0/s1. The molecule has 1 atom stereocenters. The molecule has 3 amide bonds. The summed E-state index contributed by atoms with van der Waals surface area (Å²) >= 11 is 0. The van der Waals surface area contributed by atoms with Gasteiger partial charge in [0.05, 0.1) is 6.42 Å². The monoisotopic (exact) mass is 438 g/mol. The number of amides is 3. The topological polar surface area (TPSA) is 82.1 Å². The van der Waals surface area contributed by atoms with Gasteiger partial charge in [-0.25, -0.2) is 4.39 Å². The summed E-state index contributed by atoms with van der Waals surface area (Å²) in [6, 6.07) is 5.55. The molecule has 1 N–H and O–H groups in total. The van der Waals surface area contributed by atoms with Gasteiger partial charge in [-0.15, -0.1) is 0 Å². The number of anilines is 1. The first-order valence-electron chi connectivity index (χ1n) is 10.9. The molecule has 4 rings (SSSR count). The predicted molar refractivity (Wildman–Crippen MR) is 119 cm³/mol. The fourth-order valence-corrected chi connectivity index (χ4v) is 4.72. The highest BCUT2D eigenvalue weighted by molar-refractivity contribution is 6.13. The maximum absolute atomic E-state index is 14.0. The Labute approximate surface area is 186 Å². The van der Waals surface area contributed by atoms with E-state index < -0.39 is 23.2 Å². The Morgan fingerprint density at radius 2 is 1.94 bits per heavy atom. The van der Waals surface area contributed by atoms with E-state index in [0.29, 0.717) is 11.5 Å². The van der Waals surface area contributed by atoms with E-state index in [4.69, 9.17) is 0 Å². The lowest BCUT2D eigenvalue weighted by atomic mass is 9.89. The Bertz CT molecular complexity index is 1020. The van der Waals surface area contributed by atoms with Gasteiger partial charge in [0.2, 0.25) is 5.91 Å². The molecule has 0 aromatic heterocycles. The number of rotatable bonds is 5. The molecule has 0 spiro atoms. The molecule has 8 heteroatoms. The van der Waals surface area contributed by atoms with Crippen LogP contribution >= 0.6 is 0 Å². The van der Waals surface area contributed by atoms with E-state index in [1.54, 1.807) is 24.0 Å². The first kappa shape index (κ1) is 21.9. The van der Waals surface area contributed by atoms with Crippen molar-refractivity contribution in [3.63, 3.8) is 0 Å². The minimum Gasteiger partial charge on any atom is -0.352 e. The van der Waals surface area contributed by atoms with Crippen molar-refractivity contribution >= 4 is 29.2 Å². The average molecular weight is 439 g/mol. The van der Waals surface area contributed by atoms with E-state index in [1.165, 1.54) is 29.2 Å². The number of hydrogen-bond acceptors (Lipinski definition) is 4. The van der Waals surface area contributed by atoms with Crippen LogP contribution in [-0.4, -0.2) is 46.6 Å². The van der Waals surface area contributed by atoms with E-state index in [-0.39, 0.29) is 24.9 Å². The van der Waals surface area contributed by atoms with E-state index >= 15 is 0 Å². The van der Waals surface area contributed by atoms with Crippen molar-refractivity contribution in [2.24, 2.45) is 4.99 Å². The molecule has 1 aliphatic carbocycles. The summed E-state index contributed by atoms with van der Waals surface area (Å²) in [5.74, 6) is -1.15. The number of nitrogens with zero attached hydrogens (tertiary/aromatic N) is 3. The van der Waals surface area contributed by atoms with Gasteiger partial charge < -0.3 is 15.1 Å². The van der Waals surface area contributed by atoms with Crippen LogP contribution in [0, 0.1) is 5.82 Å². The Morgan fingerprint density at radius 1 is 1.25 bits per heavy atom. The van der Waals surface area contributed by atoms with Crippen LogP contribution < -0.4 is 10.2 Å². The third-order valence-corrected chi connectivity index (χ3v) is 6.26. The number of fused-ring (bicyclic) bond motifs is 1. The molecule has 3 aliphatic rings. The van der Waals surface area contributed by atoms with E-state index in [2.05, 4.69) is 10.3 Å². The number of benzene rings is 1. The normalized spacial score (nSPS) is 22.8. The van der Waals surface area contributed by atoms with Gasteiger partial charge in [-0.3, -0.25) is 14.4 Å². The van der Waals surface area contributed by atoms with Crippen LogP contribution in [0.25, 0.3) is 0 Å². The fraction of sp³-hybridized carbons (Fsp3) is 0.417. The molecule has 0 saturated heterocycles. The maximum Gasteiger partial charge on any atom is 0.254 e. The van der Waals surface area contributed by atoms with Crippen molar-refractivity contribution in [3.8, 4) is 0 Å². The van der Waals surface area contributed by atoms with Crippen LogP contribution in [0.3, 0.4) is 0 Å². The second-order valence-electron chi connectivity index (χ2n) is 8.73. The summed E-state index contributed by atoms with van der Waals surface area (Å²) in [5.41, 5.74) is -0.115. The molecule has 2 heterocycles. The zero-order valence-corrected chi connectivity index (χ0v) is 18.3. The number of nitrogens with one attached hydrogen (secondary N) is 1. The molecule has 0 radical (unpaired) electrons. The summed E-state index contributed by atoms with van der Waals surface area (Å²) in [5, 5.41) is 3.00. The molecule has 32 heavy (non-hydrogen) atoms. The van der Waals surface area contributed by atoms with Gasteiger partial charge >= 0.3 is 0 Å². The highest BCUT2D eigenvalue weighted by Gasteiger charge is 2.49. The number of carbonyl (C=O) groups is 3. The number of hydrogen-bond donors (Lipinski definition) is 1. The summed E-state index contributed by atoms with van der Waals surface area (Å²) in [4.78, 5) is 46.4. The second-order valence-corrected chi connectivity index (χ2v) is 8.73.